The molecule has 26 heavy (non-hydrogen) atoms. The van der Waals surface area contributed by atoms with Gasteiger partial charge in [0.15, 0.2) is 0 Å². The molecule has 3 rings (SSSR count). The van der Waals surface area contributed by atoms with Crippen molar-refractivity contribution in [1.29, 1.82) is 0 Å². The van der Waals surface area contributed by atoms with Crippen LogP contribution in [0.25, 0.3) is 11.3 Å². The SMILES string of the molecule is O=C(CSCc1ccccc1)Nc1cc(-c2ccccc2)nn1CCO. The zero-order chi connectivity index (χ0) is 18.2. The number of benzene rings is 2. The van der Waals surface area contributed by atoms with Gasteiger partial charge < -0.3 is 10.4 Å². The predicted octanol–water partition coefficient (Wildman–Crippen LogP) is 3.41. The van der Waals surface area contributed by atoms with Crippen molar-refractivity contribution in [1.82, 2.24) is 9.78 Å². The molecule has 0 saturated heterocycles. The smallest absolute Gasteiger partial charge is 0.235 e. The third-order valence-electron chi connectivity index (χ3n) is 3.77. The standard InChI is InChI=1S/C20H21N3O2S/c24-12-11-23-19(13-18(22-23)17-9-5-2-6-10-17)21-20(25)15-26-14-16-7-3-1-4-8-16/h1-10,13,24H,11-12,14-15H2,(H,21,25). The van der Waals surface area contributed by atoms with Crippen molar-refractivity contribution < 1.29 is 9.90 Å². The lowest BCUT2D eigenvalue weighted by Crippen LogP contribution is -2.18. The molecular weight excluding hydrogens is 346 g/mol. The van der Waals surface area contributed by atoms with E-state index in [1.54, 1.807) is 16.4 Å². The molecule has 5 nitrogen and oxygen atoms in total. The van der Waals surface area contributed by atoms with Gasteiger partial charge >= 0.3 is 0 Å². The lowest BCUT2D eigenvalue weighted by atomic mass is 10.2. The minimum absolute atomic E-state index is 0.0401. The molecule has 0 aliphatic heterocycles. The van der Waals surface area contributed by atoms with Crippen molar-refractivity contribution >= 4 is 23.5 Å². The zero-order valence-corrected chi connectivity index (χ0v) is 15.2. The average Bonchev–Trinajstić information content (AvgIpc) is 3.06. The normalized spacial score (nSPS) is 10.7. The lowest BCUT2D eigenvalue weighted by molar-refractivity contribution is -0.113. The van der Waals surface area contributed by atoms with E-state index < -0.39 is 0 Å². The van der Waals surface area contributed by atoms with Crippen LogP contribution in [-0.4, -0.2) is 33.2 Å². The number of rotatable bonds is 8. The molecule has 2 N–H and O–H groups in total. The predicted molar refractivity (Wildman–Crippen MR) is 106 cm³/mol. The van der Waals surface area contributed by atoms with Gasteiger partial charge in [0.25, 0.3) is 0 Å². The van der Waals surface area contributed by atoms with E-state index in [1.165, 1.54) is 5.56 Å². The van der Waals surface area contributed by atoms with Crippen molar-refractivity contribution in [2.45, 2.75) is 12.3 Å². The fraction of sp³-hybridized carbons (Fsp3) is 0.200. The van der Waals surface area contributed by atoms with Crippen LogP contribution in [-0.2, 0) is 17.1 Å². The van der Waals surface area contributed by atoms with Gasteiger partial charge in [0.05, 0.1) is 24.6 Å². The molecule has 1 amide bonds. The second-order valence-electron chi connectivity index (χ2n) is 5.75. The number of amides is 1. The van der Waals surface area contributed by atoms with Crippen LogP contribution >= 0.6 is 11.8 Å². The van der Waals surface area contributed by atoms with E-state index >= 15 is 0 Å². The van der Waals surface area contributed by atoms with E-state index in [1.807, 2.05) is 66.7 Å². The first-order valence-electron chi connectivity index (χ1n) is 8.42. The Hall–Kier alpha value is -2.57. The first-order chi connectivity index (χ1) is 12.8. The van der Waals surface area contributed by atoms with Gasteiger partial charge in [-0.25, -0.2) is 4.68 Å². The Morgan fingerprint density at radius 3 is 2.46 bits per heavy atom. The number of aliphatic hydroxyl groups is 1. The summed E-state index contributed by atoms with van der Waals surface area (Å²) in [5.74, 6) is 1.67. The number of hydrogen-bond donors (Lipinski definition) is 2. The number of carbonyl (C=O) groups excluding carboxylic acids is 1. The van der Waals surface area contributed by atoms with E-state index in [2.05, 4.69) is 10.4 Å². The van der Waals surface area contributed by atoms with Gasteiger partial charge in [0.1, 0.15) is 5.82 Å². The fourth-order valence-corrected chi connectivity index (χ4v) is 3.34. The van der Waals surface area contributed by atoms with Crippen LogP contribution in [0.15, 0.2) is 66.7 Å². The zero-order valence-electron chi connectivity index (χ0n) is 14.3. The summed E-state index contributed by atoms with van der Waals surface area (Å²) in [6.07, 6.45) is 0. The summed E-state index contributed by atoms with van der Waals surface area (Å²) in [5, 5.41) is 16.6. The monoisotopic (exact) mass is 367 g/mol. The molecule has 0 radical (unpaired) electrons. The highest BCUT2D eigenvalue weighted by atomic mass is 32.2. The molecule has 2 aromatic carbocycles. The molecular formula is C20H21N3O2S. The quantitative estimate of drug-likeness (QED) is 0.640. The van der Waals surface area contributed by atoms with Crippen molar-refractivity contribution in [3.8, 4) is 11.3 Å². The molecule has 0 spiro atoms. The Morgan fingerprint density at radius 1 is 1.08 bits per heavy atom. The Balaban J connectivity index is 1.62. The van der Waals surface area contributed by atoms with Crippen molar-refractivity contribution in [3.63, 3.8) is 0 Å². The van der Waals surface area contributed by atoms with Crippen molar-refractivity contribution in [2.24, 2.45) is 0 Å². The number of anilines is 1. The summed E-state index contributed by atoms with van der Waals surface area (Å²) in [6, 6.07) is 21.7. The number of carbonyl (C=O) groups is 1. The minimum Gasteiger partial charge on any atom is -0.394 e. The van der Waals surface area contributed by atoms with Crippen molar-refractivity contribution in [2.75, 3.05) is 17.7 Å². The van der Waals surface area contributed by atoms with E-state index in [0.717, 1.165) is 17.0 Å². The molecule has 0 atom stereocenters. The Morgan fingerprint density at radius 2 is 1.77 bits per heavy atom. The van der Waals surface area contributed by atoms with Crippen LogP contribution in [0.4, 0.5) is 5.82 Å². The summed E-state index contributed by atoms with van der Waals surface area (Å²) >= 11 is 1.57. The third kappa shape index (κ3) is 4.97. The topological polar surface area (TPSA) is 67.2 Å². The first kappa shape index (κ1) is 18.2. The van der Waals surface area contributed by atoms with Crippen LogP contribution in [0.5, 0.6) is 0 Å². The average molecular weight is 367 g/mol. The van der Waals surface area contributed by atoms with Crippen LogP contribution in [0.1, 0.15) is 5.56 Å². The maximum Gasteiger partial charge on any atom is 0.235 e. The van der Waals surface area contributed by atoms with Crippen LogP contribution in [0.3, 0.4) is 0 Å². The summed E-state index contributed by atoms with van der Waals surface area (Å²) in [4.78, 5) is 12.3. The number of aromatic nitrogens is 2. The lowest BCUT2D eigenvalue weighted by Gasteiger charge is -2.07. The summed E-state index contributed by atoms with van der Waals surface area (Å²) in [5.41, 5.74) is 2.94. The van der Waals surface area contributed by atoms with Crippen molar-refractivity contribution in [3.05, 3.63) is 72.3 Å². The Labute approximate surface area is 157 Å². The molecule has 6 heteroatoms. The summed E-state index contributed by atoms with van der Waals surface area (Å²) < 4.78 is 1.63. The number of hydrogen-bond acceptors (Lipinski definition) is 4. The number of thioether (sulfide) groups is 1. The van der Waals surface area contributed by atoms with E-state index in [4.69, 9.17) is 0 Å². The Bertz CT molecular complexity index is 835. The number of nitrogens with zero attached hydrogens (tertiary/aromatic N) is 2. The maximum atomic E-state index is 12.3. The van der Waals surface area contributed by atoms with Gasteiger partial charge in [-0.05, 0) is 5.56 Å². The molecule has 0 aliphatic rings. The van der Waals surface area contributed by atoms with Gasteiger partial charge in [-0.2, -0.15) is 5.10 Å². The van der Waals surface area contributed by atoms with Crippen LogP contribution < -0.4 is 5.32 Å². The molecule has 0 unspecified atom stereocenters. The number of nitrogens with one attached hydrogen (secondary N) is 1. The molecule has 1 aromatic heterocycles. The minimum atomic E-state index is -0.0790. The highest BCUT2D eigenvalue weighted by Gasteiger charge is 2.12. The van der Waals surface area contributed by atoms with E-state index in [0.29, 0.717) is 18.1 Å². The number of aliphatic hydroxyl groups excluding tert-OH is 1. The second-order valence-corrected chi connectivity index (χ2v) is 6.74. The maximum absolute atomic E-state index is 12.3. The molecule has 0 aliphatic carbocycles. The molecule has 0 bridgehead atoms. The van der Waals surface area contributed by atoms with Crippen LogP contribution in [0.2, 0.25) is 0 Å². The molecule has 1 heterocycles. The van der Waals surface area contributed by atoms with Gasteiger partial charge in [-0.15, -0.1) is 11.8 Å². The second kappa shape index (κ2) is 9.22. The van der Waals surface area contributed by atoms with Gasteiger partial charge in [0.2, 0.25) is 5.91 Å². The van der Waals surface area contributed by atoms with Crippen LogP contribution in [0, 0.1) is 0 Å². The van der Waals surface area contributed by atoms with Gasteiger partial charge in [0, 0.05) is 17.4 Å². The highest BCUT2D eigenvalue weighted by molar-refractivity contribution is 7.99. The van der Waals surface area contributed by atoms with E-state index in [-0.39, 0.29) is 12.5 Å². The van der Waals surface area contributed by atoms with Gasteiger partial charge in [-0.3, -0.25) is 4.79 Å². The summed E-state index contributed by atoms with van der Waals surface area (Å²) in [7, 11) is 0. The molecule has 0 saturated carbocycles. The molecule has 134 valence electrons. The first-order valence-corrected chi connectivity index (χ1v) is 9.57. The fourth-order valence-electron chi connectivity index (χ4n) is 2.55. The molecule has 3 aromatic rings. The van der Waals surface area contributed by atoms with E-state index in [9.17, 15) is 9.90 Å². The molecule has 0 fully saturated rings. The third-order valence-corrected chi connectivity index (χ3v) is 4.78. The van der Waals surface area contributed by atoms with Gasteiger partial charge in [-0.1, -0.05) is 60.7 Å². The largest absolute Gasteiger partial charge is 0.394 e. The summed E-state index contributed by atoms with van der Waals surface area (Å²) in [6.45, 7) is 0.293. The Kier molecular flexibility index (Phi) is 6.46. The highest BCUT2D eigenvalue weighted by Crippen LogP contribution is 2.22.